The fourth-order valence-corrected chi connectivity index (χ4v) is 5.07. The second kappa shape index (κ2) is 10.4. The van der Waals surface area contributed by atoms with Crippen molar-refractivity contribution in [3.05, 3.63) is 64.7 Å². The Morgan fingerprint density at radius 3 is 2.55 bits per heavy atom. The van der Waals surface area contributed by atoms with Crippen molar-refractivity contribution in [1.82, 2.24) is 10.2 Å². The monoisotopic (exact) mass is 448 g/mol. The zero-order valence-electron chi connectivity index (χ0n) is 20.1. The third kappa shape index (κ3) is 5.23. The van der Waals surface area contributed by atoms with Crippen LogP contribution >= 0.6 is 0 Å². The number of benzene rings is 2. The summed E-state index contributed by atoms with van der Waals surface area (Å²) in [4.78, 5) is 28.0. The van der Waals surface area contributed by atoms with Gasteiger partial charge in [-0.25, -0.2) is 0 Å². The number of amides is 2. The van der Waals surface area contributed by atoms with Crippen LogP contribution in [-0.4, -0.2) is 35.9 Å². The van der Waals surface area contributed by atoms with Gasteiger partial charge < -0.3 is 15.0 Å². The van der Waals surface area contributed by atoms with E-state index in [4.69, 9.17) is 4.74 Å². The number of hydrogen-bond donors (Lipinski definition) is 1. The maximum atomic E-state index is 13.6. The first-order valence-electron chi connectivity index (χ1n) is 12.4. The van der Waals surface area contributed by atoms with Crippen LogP contribution in [0.25, 0.3) is 0 Å². The van der Waals surface area contributed by atoms with Gasteiger partial charge in [-0.1, -0.05) is 55.7 Å². The van der Waals surface area contributed by atoms with Gasteiger partial charge in [0.05, 0.1) is 6.04 Å². The van der Waals surface area contributed by atoms with Crippen molar-refractivity contribution < 1.29 is 14.3 Å². The van der Waals surface area contributed by atoms with Crippen LogP contribution in [0.5, 0.6) is 5.75 Å². The van der Waals surface area contributed by atoms with Crippen molar-refractivity contribution in [2.24, 2.45) is 5.92 Å². The molecule has 2 aromatic carbocycles. The highest BCUT2D eigenvalue weighted by Crippen LogP contribution is 2.39. The number of rotatable bonds is 7. The maximum Gasteiger partial charge on any atom is 0.260 e. The van der Waals surface area contributed by atoms with Crippen molar-refractivity contribution in [2.75, 3.05) is 13.1 Å². The number of carbonyl (C=O) groups excluding carboxylic acids is 2. The largest absolute Gasteiger partial charge is 0.481 e. The van der Waals surface area contributed by atoms with Crippen LogP contribution in [0.4, 0.5) is 0 Å². The van der Waals surface area contributed by atoms with Gasteiger partial charge in [-0.3, -0.25) is 9.59 Å². The number of carbonyl (C=O) groups is 2. The second-order valence-corrected chi connectivity index (χ2v) is 9.49. The summed E-state index contributed by atoms with van der Waals surface area (Å²) in [6, 6.07) is 14.5. The number of fused-ring (bicyclic) bond motifs is 1. The summed E-state index contributed by atoms with van der Waals surface area (Å²) in [5.74, 6) is 0.978. The fourth-order valence-electron chi connectivity index (χ4n) is 5.07. The van der Waals surface area contributed by atoms with Crippen LogP contribution in [0.15, 0.2) is 42.5 Å². The highest BCUT2D eigenvalue weighted by atomic mass is 16.5. The number of nitrogens with zero attached hydrogens (tertiary/aromatic N) is 1. The van der Waals surface area contributed by atoms with Crippen LogP contribution < -0.4 is 10.1 Å². The van der Waals surface area contributed by atoms with Gasteiger partial charge in [0.15, 0.2) is 6.10 Å². The van der Waals surface area contributed by atoms with E-state index in [1.165, 1.54) is 11.1 Å². The first-order valence-corrected chi connectivity index (χ1v) is 12.4. The van der Waals surface area contributed by atoms with E-state index < -0.39 is 6.10 Å². The minimum absolute atomic E-state index is 0.109. The number of nitrogens with one attached hydrogen (secondary N) is 1. The molecule has 1 saturated carbocycles. The second-order valence-electron chi connectivity index (χ2n) is 9.49. The Morgan fingerprint density at radius 1 is 1.12 bits per heavy atom. The fraction of sp³-hybridized carbons (Fsp3) is 0.500. The molecule has 2 aliphatic rings. The number of hydrogen-bond acceptors (Lipinski definition) is 3. The average molecular weight is 449 g/mol. The van der Waals surface area contributed by atoms with Crippen molar-refractivity contribution in [3.8, 4) is 5.75 Å². The van der Waals surface area contributed by atoms with Crippen LogP contribution in [-0.2, 0) is 16.0 Å². The van der Waals surface area contributed by atoms with E-state index in [0.29, 0.717) is 12.3 Å². The van der Waals surface area contributed by atoms with E-state index in [9.17, 15) is 9.59 Å². The molecule has 1 heterocycles. The summed E-state index contributed by atoms with van der Waals surface area (Å²) in [6.07, 6.45) is 5.43. The Labute approximate surface area is 197 Å². The first kappa shape index (κ1) is 23.3. The van der Waals surface area contributed by atoms with E-state index in [1.54, 1.807) is 6.92 Å². The third-order valence-electron chi connectivity index (χ3n) is 6.96. The molecule has 2 amide bonds. The lowest BCUT2D eigenvalue weighted by atomic mass is 9.86. The molecule has 1 aliphatic carbocycles. The predicted octanol–water partition coefficient (Wildman–Crippen LogP) is 4.95. The normalized spacial score (nSPS) is 19.1. The molecule has 1 fully saturated rings. The van der Waals surface area contributed by atoms with E-state index in [0.717, 1.165) is 56.2 Å². The van der Waals surface area contributed by atoms with E-state index in [-0.39, 0.29) is 23.8 Å². The summed E-state index contributed by atoms with van der Waals surface area (Å²) in [5, 5.41) is 2.89. The molecular weight excluding hydrogens is 412 g/mol. The first-order chi connectivity index (χ1) is 16.0. The van der Waals surface area contributed by atoms with Gasteiger partial charge in [-0.05, 0) is 68.4 Å². The van der Waals surface area contributed by atoms with Crippen LogP contribution in [0.2, 0.25) is 0 Å². The lowest BCUT2D eigenvalue weighted by molar-refractivity contribution is -0.137. The molecule has 1 N–H and O–H groups in total. The molecule has 33 heavy (non-hydrogen) atoms. The SMILES string of the molecule is CCCNC(=O)C(C)Oc1ccc2c(c1)C(c1ccc(C)cc1)N(C(=O)C1CCCC1)CC2. The predicted molar refractivity (Wildman–Crippen MR) is 130 cm³/mol. The number of aryl methyl sites for hydroxylation is 1. The number of ether oxygens (including phenoxy) is 1. The Hall–Kier alpha value is -2.82. The van der Waals surface area contributed by atoms with Gasteiger partial charge in [0.2, 0.25) is 5.91 Å². The van der Waals surface area contributed by atoms with Gasteiger partial charge in [0, 0.05) is 19.0 Å². The molecule has 5 nitrogen and oxygen atoms in total. The topological polar surface area (TPSA) is 58.6 Å². The summed E-state index contributed by atoms with van der Waals surface area (Å²) >= 11 is 0. The quantitative estimate of drug-likeness (QED) is 0.652. The lowest BCUT2D eigenvalue weighted by Crippen LogP contribution is -2.43. The smallest absolute Gasteiger partial charge is 0.260 e. The van der Waals surface area contributed by atoms with Crippen LogP contribution in [0, 0.1) is 12.8 Å². The summed E-state index contributed by atoms with van der Waals surface area (Å²) in [7, 11) is 0. The Kier molecular flexibility index (Phi) is 7.36. The third-order valence-corrected chi connectivity index (χ3v) is 6.96. The van der Waals surface area contributed by atoms with E-state index in [2.05, 4.69) is 47.5 Å². The maximum absolute atomic E-state index is 13.6. The lowest BCUT2D eigenvalue weighted by Gasteiger charge is -2.39. The molecule has 2 unspecified atom stereocenters. The zero-order valence-corrected chi connectivity index (χ0v) is 20.1. The molecule has 4 rings (SSSR count). The van der Waals surface area contributed by atoms with Gasteiger partial charge in [0.25, 0.3) is 5.91 Å². The molecule has 0 radical (unpaired) electrons. The van der Waals surface area contributed by atoms with Gasteiger partial charge in [0.1, 0.15) is 5.75 Å². The molecule has 2 atom stereocenters. The Balaban J connectivity index is 1.65. The molecule has 0 bridgehead atoms. The van der Waals surface area contributed by atoms with Crippen molar-refractivity contribution in [2.45, 2.75) is 71.4 Å². The highest BCUT2D eigenvalue weighted by Gasteiger charge is 2.36. The van der Waals surface area contributed by atoms with Crippen molar-refractivity contribution in [1.29, 1.82) is 0 Å². The molecule has 5 heteroatoms. The standard InChI is InChI=1S/C28H36N2O3/c1-4-16-29-27(31)20(3)33-24-14-13-21-15-17-30(28(32)23-7-5-6-8-23)26(25(21)18-24)22-11-9-19(2)10-12-22/h9-14,18,20,23,26H,4-8,15-17H2,1-3H3,(H,29,31). The van der Waals surface area contributed by atoms with Gasteiger partial charge in [-0.15, -0.1) is 0 Å². The van der Waals surface area contributed by atoms with Gasteiger partial charge >= 0.3 is 0 Å². The minimum atomic E-state index is -0.577. The zero-order chi connectivity index (χ0) is 23.4. The molecule has 176 valence electrons. The molecule has 1 aliphatic heterocycles. The van der Waals surface area contributed by atoms with Crippen LogP contribution in [0.3, 0.4) is 0 Å². The molecule has 0 spiro atoms. The molecular formula is C28H36N2O3. The van der Waals surface area contributed by atoms with Crippen molar-refractivity contribution in [3.63, 3.8) is 0 Å². The van der Waals surface area contributed by atoms with E-state index >= 15 is 0 Å². The Bertz CT molecular complexity index is 979. The van der Waals surface area contributed by atoms with Gasteiger partial charge in [-0.2, -0.15) is 0 Å². The molecule has 0 saturated heterocycles. The van der Waals surface area contributed by atoms with E-state index in [1.807, 2.05) is 19.1 Å². The summed E-state index contributed by atoms with van der Waals surface area (Å²) in [6.45, 7) is 7.26. The summed E-state index contributed by atoms with van der Waals surface area (Å²) < 4.78 is 6.02. The summed E-state index contributed by atoms with van der Waals surface area (Å²) in [5.41, 5.74) is 4.67. The minimum Gasteiger partial charge on any atom is -0.481 e. The Morgan fingerprint density at radius 2 is 1.85 bits per heavy atom. The van der Waals surface area contributed by atoms with Crippen LogP contribution in [0.1, 0.15) is 74.2 Å². The highest BCUT2D eigenvalue weighted by molar-refractivity contribution is 5.81. The average Bonchev–Trinajstić information content (AvgIpc) is 3.37. The molecule has 2 aromatic rings. The molecule has 0 aromatic heterocycles. The van der Waals surface area contributed by atoms with Crippen molar-refractivity contribution >= 4 is 11.8 Å².